The third-order valence-electron chi connectivity index (χ3n) is 5.88. The van der Waals surface area contributed by atoms with E-state index in [9.17, 15) is 4.79 Å². The summed E-state index contributed by atoms with van der Waals surface area (Å²) in [7, 11) is 0. The molecule has 1 aromatic rings. The summed E-state index contributed by atoms with van der Waals surface area (Å²) in [6, 6.07) is 7.75. The zero-order chi connectivity index (χ0) is 17.3. The molecule has 0 bridgehead atoms. The fourth-order valence-electron chi connectivity index (χ4n) is 4.35. The number of nitrogens with one attached hydrogen (secondary N) is 1. The van der Waals surface area contributed by atoms with Crippen molar-refractivity contribution in [1.29, 1.82) is 0 Å². The molecule has 1 saturated carbocycles. The molecule has 1 aromatic carbocycles. The molecule has 25 heavy (non-hydrogen) atoms. The molecule has 5 heteroatoms. The van der Waals surface area contributed by atoms with Gasteiger partial charge in [0, 0.05) is 12.5 Å². The van der Waals surface area contributed by atoms with Crippen molar-refractivity contribution in [2.75, 3.05) is 32.8 Å². The maximum absolute atomic E-state index is 13.1. The van der Waals surface area contributed by atoms with E-state index in [-0.39, 0.29) is 17.4 Å². The number of fused-ring (bicyclic) bond motifs is 1. The number of piperidine rings is 1. The van der Waals surface area contributed by atoms with E-state index in [0.29, 0.717) is 19.1 Å². The van der Waals surface area contributed by atoms with E-state index in [1.54, 1.807) is 0 Å². The number of benzene rings is 1. The summed E-state index contributed by atoms with van der Waals surface area (Å²) in [4.78, 5) is 15.1. The van der Waals surface area contributed by atoms with E-state index in [4.69, 9.17) is 9.47 Å². The van der Waals surface area contributed by atoms with Crippen molar-refractivity contribution >= 4 is 5.91 Å². The second-order valence-corrected chi connectivity index (χ2v) is 7.65. The molecular formula is C20H28N2O3. The van der Waals surface area contributed by atoms with E-state index in [1.165, 1.54) is 0 Å². The summed E-state index contributed by atoms with van der Waals surface area (Å²) < 4.78 is 11.9. The molecule has 2 unspecified atom stereocenters. The Kier molecular flexibility index (Phi) is 4.59. The predicted octanol–water partition coefficient (Wildman–Crippen LogP) is 2.45. The smallest absolute Gasteiger partial charge is 0.226 e. The molecule has 1 N–H and O–H groups in total. The van der Waals surface area contributed by atoms with Gasteiger partial charge in [-0.05, 0) is 56.3 Å². The van der Waals surface area contributed by atoms with Crippen LogP contribution in [-0.2, 0) is 4.79 Å². The van der Waals surface area contributed by atoms with Gasteiger partial charge in [0.05, 0.1) is 6.54 Å². The van der Waals surface area contributed by atoms with Gasteiger partial charge in [0.15, 0.2) is 17.6 Å². The first-order valence-electron chi connectivity index (χ1n) is 9.60. The molecule has 2 heterocycles. The summed E-state index contributed by atoms with van der Waals surface area (Å²) >= 11 is 0. The van der Waals surface area contributed by atoms with Gasteiger partial charge in [0.2, 0.25) is 5.91 Å². The molecule has 1 aliphatic carbocycles. The Labute approximate surface area is 149 Å². The highest BCUT2D eigenvalue weighted by Gasteiger charge is 2.58. The number of hydrogen-bond donors (Lipinski definition) is 1. The summed E-state index contributed by atoms with van der Waals surface area (Å²) in [5.41, 5.74) is 0.283. The third kappa shape index (κ3) is 3.34. The van der Waals surface area contributed by atoms with Gasteiger partial charge in [0.1, 0.15) is 6.61 Å². The number of para-hydroxylation sites is 2. The highest BCUT2D eigenvalue weighted by molar-refractivity contribution is 5.82. The maximum atomic E-state index is 13.1. The van der Waals surface area contributed by atoms with Crippen LogP contribution in [0.15, 0.2) is 24.3 Å². The Morgan fingerprint density at radius 1 is 1.28 bits per heavy atom. The molecule has 1 saturated heterocycles. The summed E-state index contributed by atoms with van der Waals surface area (Å²) in [5.74, 6) is 2.12. The van der Waals surface area contributed by atoms with Crippen LogP contribution < -0.4 is 14.8 Å². The maximum Gasteiger partial charge on any atom is 0.226 e. The molecule has 0 radical (unpaired) electrons. The molecule has 0 aromatic heterocycles. The molecule has 3 aliphatic rings. The number of ether oxygens (including phenoxy) is 2. The minimum atomic E-state index is -0.0897. The van der Waals surface area contributed by atoms with Crippen LogP contribution >= 0.6 is 0 Å². The van der Waals surface area contributed by atoms with Crippen LogP contribution in [0.3, 0.4) is 0 Å². The van der Waals surface area contributed by atoms with Gasteiger partial charge in [-0.25, -0.2) is 0 Å². The molecule has 2 atom stereocenters. The van der Waals surface area contributed by atoms with Gasteiger partial charge in [-0.3, -0.25) is 4.79 Å². The first-order valence-corrected chi connectivity index (χ1v) is 9.60. The zero-order valence-electron chi connectivity index (χ0n) is 15.0. The Hall–Kier alpha value is -1.75. The van der Waals surface area contributed by atoms with E-state index >= 15 is 0 Å². The molecule has 136 valence electrons. The molecule has 2 fully saturated rings. The first kappa shape index (κ1) is 16.7. The number of carbonyl (C=O) groups excluding carboxylic acids is 1. The highest BCUT2D eigenvalue weighted by atomic mass is 16.6. The SMILES string of the molecule is CCCN(CC1COc2ccccc2O1)C(=O)C1CC12CCNCC2. The minimum Gasteiger partial charge on any atom is -0.486 e. The molecule has 4 rings (SSSR count). The number of carbonyl (C=O) groups is 1. The van der Waals surface area contributed by atoms with Gasteiger partial charge in [0.25, 0.3) is 0 Å². The summed E-state index contributed by atoms with van der Waals surface area (Å²) in [6.45, 7) is 6.14. The topological polar surface area (TPSA) is 50.8 Å². The quantitative estimate of drug-likeness (QED) is 0.891. The van der Waals surface area contributed by atoms with Gasteiger partial charge in [-0.1, -0.05) is 19.1 Å². The van der Waals surface area contributed by atoms with Gasteiger partial charge in [-0.15, -0.1) is 0 Å². The van der Waals surface area contributed by atoms with E-state index in [0.717, 1.165) is 56.8 Å². The van der Waals surface area contributed by atoms with Crippen molar-refractivity contribution in [3.05, 3.63) is 24.3 Å². The number of rotatable bonds is 5. The molecule has 2 aliphatic heterocycles. The fraction of sp³-hybridized carbons (Fsp3) is 0.650. The van der Waals surface area contributed by atoms with Crippen molar-refractivity contribution in [1.82, 2.24) is 10.2 Å². The van der Waals surface area contributed by atoms with Crippen LogP contribution in [0.5, 0.6) is 11.5 Å². The van der Waals surface area contributed by atoms with Crippen molar-refractivity contribution in [2.45, 2.75) is 38.7 Å². The zero-order valence-corrected chi connectivity index (χ0v) is 15.0. The Morgan fingerprint density at radius 3 is 2.80 bits per heavy atom. The van der Waals surface area contributed by atoms with Gasteiger partial charge < -0.3 is 19.7 Å². The Morgan fingerprint density at radius 2 is 2.04 bits per heavy atom. The van der Waals surface area contributed by atoms with Crippen LogP contribution in [0.2, 0.25) is 0 Å². The van der Waals surface area contributed by atoms with Gasteiger partial charge in [-0.2, -0.15) is 0 Å². The van der Waals surface area contributed by atoms with Crippen LogP contribution in [0, 0.1) is 11.3 Å². The summed E-state index contributed by atoms with van der Waals surface area (Å²) in [6.07, 6.45) is 4.23. The van der Waals surface area contributed by atoms with Crippen LogP contribution in [0.1, 0.15) is 32.6 Å². The van der Waals surface area contributed by atoms with Crippen LogP contribution in [0.25, 0.3) is 0 Å². The highest BCUT2D eigenvalue weighted by Crippen LogP contribution is 2.59. The molecule has 5 nitrogen and oxygen atoms in total. The number of amides is 1. The first-order chi connectivity index (χ1) is 12.2. The van der Waals surface area contributed by atoms with Crippen molar-refractivity contribution in [3.63, 3.8) is 0 Å². The number of hydrogen-bond acceptors (Lipinski definition) is 4. The monoisotopic (exact) mass is 344 g/mol. The lowest BCUT2D eigenvalue weighted by atomic mass is 9.91. The lowest BCUT2D eigenvalue weighted by molar-refractivity contribution is -0.135. The van der Waals surface area contributed by atoms with Crippen molar-refractivity contribution in [3.8, 4) is 11.5 Å². The van der Waals surface area contributed by atoms with E-state index in [1.807, 2.05) is 29.2 Å². The lowest BCUT2D eigenvalue weighted by Gasteiger charge is -2.32. The van der Waals surface area contributed by atoms with Crippen molar-refractivity contribution in [2.24, 2.45) is 11.3 Å². The molecular weight excluding hydrogens is 316 g/mol. The standard InChI is InChI=1S/C20H28N2O3/c1-2-11-22(19(23)16-12-20(16)7-9-21-10-8-20)13-15-14-24-17-5-3-4-6-18(17)25-15/h3-6,15-16,21H,2,7-14H2,1H3. The van der Waals surface area contributed by atoms with Crippen LogP contribution in [-0.4, -0.2) is 49.7 Å². The average Bonchev–Trinajstić information content (AvgIpc) is 3.34. The van der Waals surface area contributed by atoms with E-state index in [2.05, 4.69) is 12.2 Å². The second kappa shape index (κ2) is 6.87. The molecule has 1 spiro atoms. The number of nitrogens with zero attached hydrogens (tertiary/aromatic N) is 1. The Bertz CT molecular complexity index is 627. The van der Waals surface area contributed by atoms with Crippen LogP contribution in [0.4, 0.5) is 0 Å². The minimum absolute atomic E-state index is 0.0897. The Balaban J connectivity index is 1.39. The largest absolute Gasteiger partial charge is 0.486 e. The normalized spacial score (nSPS) is 26.3. The average molecular weight is 344 g/mol. The molecule has 1 amide bonds. The van der Waals surface area contributed by atoms with E-state index < -0.39 is 0 Å². The third-order valence-corrected chi connectivity index (χ3v) is 5.88. The predicted molar refractivity (Wildman–Crippen MR) is 95.9 cm³/mol. The lowest BCUT2D eigenvalue weighted by Crippen LogP contribution is -2.45. The van der Waals surface area contributed by atoms with Gasteiger partial charge >= 0.3 is 0 Å². The summed E-state index contributed by atoms with van der Waals surface area (Å²) in [5, 5.41) is 3.41. The fourth-order valence-corrected chi connectivity index (χ4v) is 4.35. The van der Waals surface area contributed by atoms with Crippen molar-refractivity contribution < 1.29 is 14.3 Å². The second-order valence-electron chi connectivity index (χ2n) is 7.65.